The second-order valence-corrected chi connectivity index (χ2v) is 6.57. The Hall–Kier alpha value is -3.99. The van der Waals surface area contributed by atoms with Crippen LogP contribution in [0.4, 0.5) is 17.2 Å². The highest BCUT2D eigenvalue weighted by molar-refractivity contribution is 6.31. The van der Waals surface area contributed by atoms with Gasteiger partial charge in [-0.25, -0.2) is 0 Å². The fourth-order valence-corrected chi connectivity index (χ4v) is 2.64. The maximum atomic E-state index is 12.2. The van der Waals surface area contributed by atoms with Crippen LogP contribution in [0.1, 0.15) is 5.56 Å². The number of amides is 1. The van der Waals surface area contributed by atoms with Gasteiger partial charge in [0.1, 0.15) is 18.0 Å². The average Bonchev–Trinajstić information content (AvgIpc) is 3.13. The lowest BCUT2D eigenvalue weighted by atomic mass is 10.2. The lowest BCUT2D eigenvalue weighted by molar-refractivity contribution is -0.389. The van der Waals surface area contributed by atoms with Crippen molar-refractivity contribution >= 4 is 34.7 Å². The van der Waals surface area contributed by atoms with Gasteiger partial charge in [0.25, 0.3) is 5.69 Å². The first kappa shape index (κ1) is 20.7. The van der Waals surface area contributed by atoms with Gasteiger partial charge >= 0.3 is 5.82 Å². The Balaban J connectivity index is 1.79. The zero-order valence-electron chi connectivity index (χ0n) is 15.4. The highest BCUT2D eigenvalue weighted by Gasteiger charge is 2.16. The summed E-state index contributed by atoms with van der Waals surface area (Å²) in [4.78, 5) is 32.8. The van der Waals surface area contributed by atoms with Crippen LogP contribution in [0.5, 0.6) is 11.5 Å². The maximum absolute atomic E-state index is 12.2. The minimum Gasteiger partial charge on any atom is -0.457 e. The van der Waals surface area contributed by atoms with Gasteiger partial charge in [0.2, 0.25) is 5.91 Å². The van der Waals surface area contributed by atoms with Crippen molar-refractivity contribution in [1.29, 1.82) is 0 Å². The molecule has 0 atom stereocenters. The largest absolute Gasteiger partial charge is 0.457 e. The number of hydrogen-bond acceptors (Lipinski definition) is 7. The SMILES string of the molecule is Cc1cc(Oc2cc(NC(=O)Cn3ccc([N+](=O)[O-])n3)cc([N+](=O)[O-])c2)ccc1Cl. The first-order valence-electron chi connectivity index (χ1n) is 8.42. The molecule has 0 spiro atoms. The number of nitrogens with zero attached hydrogens (tertiary/aromatic N) is 4. The predicted octanol–water partition coefficient (Wildman–Crippen LogP) is 4.09. The molecular formula is C18H14ClN5O6. The molecule has 1 N–H and O–H groups in total. The lowest BCUT2D eigenvalue weighted by Gasteiger charge is -2.10. The van der Waals surface area contributed by atoms with E-state index in [9.17, 15) is 25.0 Å². The Labute approximate surface area is 174 Å². The summed E-state index contributed by atoms with van der Waals surface area (Å²) in [6.45, 7) is 1.47. The van der Waals surface area contributed by atoms with Gasteiger partial charge in [0.15, 0.2) is 0 Å². The van der Waals surface area contributed by atoms with Crippen LogP contribution in [0.15, 0.2) is 48.7 Å². The third kappa shape index (κ3) is 5.08. The number of carbonyl (C=O) groups excluding carboxylic acids is 1. The zero-order valence-corrected chi connectivity index (χ0v) is 16.2. The highest BCUT2D eigenvalue weighted by atomic mass is 35.5. The normalized spacial score (nSPS) is 10.5. The molecule has 0 fully saturated rings. The lowest BCUT2D eigenvalue weighted by Crippen LogP contribution is -2.19. The summed E-state index contributed by atoms with van der Waals surface area (Å²) in [5.74, 6) is -0.427. The molecule has 1 heterocycles. The summed E-state index contributed by atoms with van der Waals surface area (Å²) >= 11 is 5.98. The number of aromatic nitrogens is 2. The van der Waals surface area contributed by atoms with Crippen molar-refractivity contribution in [2.45, 2.75) is 13.5 Å². The van der Waals surface area contributed by atoms with Crippen molar-refractivity contribution in [2.75, 3.05) is 5.32 Å². The number of anilines is 1. The van der Waals surface area contributed by atoms with E-state index in [0.717, 1.165) is 16.3 Å². The van der Waals surface area contributed by atoms with Crippen LogP contribution in [0.2, 0.25) is 5.02 Å². The maximum Gasteiger partial charge on any atom is 0.389 e. The average molecular weight is 432 g/mol. The van der Waals surface area contributed by atoms with Gasteiger partial charge in [0.05, 0.1) is 34.0 Å². The number of halogens is 1. The van der Waals surface area contributed by atoms with E-state index in [-0.39, 0.29) is 23.7 Å². The third-order valence-corrected chi connectivity index (χ3v) is 4.29. The standard InChI is InChI=1S/C18H14ClN5O6/c1-11-6-14(2-3-16(11)19)30-15-8-12(7-13(9-15)23(26)27)20-18(25)10-22-5-4-17(21-22)24(28)29/h2-9H,10H2,1H3,(H,20,25). The first-order valence-corrected chi connectivity index (χ1v) is 8.80. The number of nitro groups is 2. The van der Waals surface area contributed by atoms with E-state index < -0.39 is 21.6 Å². The summed E-state index contributed by atoms with van der Waals surface area (Å²) in [5.41, 5.74) is 0.598. The first-order chi connectivity index (χ1) is 14.2. The number of benzene rings is 2. The van der Waals surface area contributed by atoms with Gasteiger partial charge < -0.3 is 20.2 Å². The van der Waals surface area contributed by atoms with Crippen LogP contribution in [0.3, 0.4) is 0 Å². The van der Waals surface area contributed by atoms with E-state index in [1.807, 2.05) is 0 Å². The molecule has 0 saturated carbocycles. The third-order valence-electron chi connectivity index (χ3n) is 3.87. The minimum atomic E-state index is -0.683. The van der Waals surface area contributed by atoms with Crippen molar-refractivity contribution in [3.63, 3.8) is 0 Å². The Morgan fingerprint density at radius 1 is 1.13 bits per heavy atom. The topological polar surface area (TPSA) is 142 Å². The molecule has 2 aromatic carbocycles. The van der Waals surface area contributed by atoms with Gasteiger partial charge in [-0.3, -0.25) is 14.9 Å². The minimum absolute atomic E-state index is 0.122. The zero-order chi connectivity index (χ0) is 21.8. The number of hydrogen-bond donors (Lipinski definition) is 1. The van der Waals surface area contributed by atoms with Crippen LogP contribution in [0.25, 0.3) is 0 Å². The van der Waals surface area contributed by atoms with Crippen molar-refractivity contribution in [3.8, 4) is 11.5 Å². The predicted molar refractivity (Wildman–Crippen MR) is 107 cm³/mol. The van der Waals surface area contributed by atoms with Gasteiger partial charge in [-0.15, -0.1) is 0 Å². The van der Waals surface area contributed by atoms with Crippen molar-refractivity contribution in [2.24, 2.45) is 0 Å². The summed E-state index contributed by atoms with van der Waals surface area (Å²) in [6.07, 6.45) is 1.28. The number of non-ortho nitro benzene ring substituents is 1. The number of nitro benzene ring substituents is 1. The molecule has 1 aromatic heterocycles. The van der Waals surface area contributed by atoms with Gasteiger partial charge in [0, 0.05) is 17.2 Å². The molecule has 0 bridgehead atoms. The van der Waals surface area contributed by atoms with Gasteiger partial charge in [-0.1, -0.05) is 11.6 Å². The van der Waals surface area contributed by atoms with Crippen LogP contribution >= 0.6 is 11.6 Å². The molecule has 30 heavy (non-hydrogen) atoms. The fraction of sp³-hybridized carbons (Fsp3) is 0.111. The Kier molecular flexibility index (Phi) is 5.93. The number of ether oxygens (including phenoxy) is 1. The van der Waals surface area contributed by atoms with E-state index in [1.54, 1.807) is 25.1 Å². The molecule has 3 rings (SSSR count). The van der Waals surface area contributed by atoms with E-state index in [4.69, 9.17) is 16.3 Å². The molecule has 0 saturated heterocycles. The highest BCUT2D eigenvalue weighted by Crippen LogP contribution is 2.31. The summed E-state index contributed by atoms with van der Waals surface area (Å²) in [7, 11) is 0. The van der Waals surface area contributed by atoms with Crippen LogP contribution in [-0.2, 0) is 11.3 Å². The number of carbonyl (C=O) groups is 1. The van der Waals surface area contributed by atoms with E-state index >= 15 is 0 Å². The fourth-order valence-electron chi connectivity index (χ4n) is 2.52. The van der Waals surface area contributed by atoms with Crippen LogP contribution < -0.4 is 10.1 Å². The summed E-state index contributed by atoms with van der Waals surface area (Å²) < 4.78 is 6.75. The molecule has 0 radical (unpaired) electrons. The molecule has 0 aliphatic heterocycles. The second kappa shape index (κ2) is 8.57. The Bertz CT molecular complexity index is 1150. The van der Waals surface area contributed by atoms with E-state index in [0.29, 0.717) is 10.8 Å². The Morgan fingerprint density at radius 2 is 1.90 bits per heavy atom. The summed E-state index contributed by atoms with van der Waals surface area (Å²) in [6, 6.07) is 9.87. The second-order valence-electron chi connectivity index (χ2n) is 6.16. The molecule has 0 unspecified atom stereocenters. The quantitative estimate of drug-likeness (QED) is 0.438. The monoisotopic (exact) mass is 431 g/mol. The van der Waals surface area contributed by atoms with E-state index in [2.05, 4.69) is 10.4 Å². The molecular weight excluding hydrogens is 418 g/mol. The number of nitrogens with one attached hydrogen (secondary N) is 1. The summed E-state index contributed by atoms with van der Waals surface area (Å²) in [5, 5.41) is 28.6. The molecule has 0 aliphatic rings. The van der Waals surface area contributed by atoms with Gasteiger partial charge in [-0.2, -0.15) is 4.68 Å². The van der Waals surface area contributed by atoms with Crippen LogP contribution in [0, 0.1) is 27.2 Å². The number of aryl methyl sites for hydroxylation is 1. The van der Waals surface area contributed by atoms with Gasteiger partial charge in [-0.05, 0) is 35.6 Å². The van der Waals surface area contributed by atoms with Crippen molar-refractivity contribution in [1.82, 2.24) is 9.78 Å². The molecule has 154 valence electrons. The number of rotatable bonds is 7. The molecule has 1 amide bonds. The van der Waals surface area contributed by atoms with Crippen LogP contribution in [-0.4, -0.2) is 25.5 Å². The van der Waals surface area contributed by atoms with Crippen molar-refractivity contribution < 1.29 is 19.4 Å². The molecule has 0 aliphatic carbocycles. The molecule has 12 heteroatoms. The molecule has 11 nitrogen and oxygen atoms in total. The Morgan fingerprint density at radius 3 is 2.53 bits per heavy atom. The smallest absolute Gasteiger partial charge is 0.389 e. The van der Waals surface area contributed by atoms with Crippen molar-refractivity contribution in [3.05, 3.63) is 79.5 Å². The molecule has 3 aromatic rings. The van der Waals surface area contributed by atoms with E-state index in [1.165, 1.54) is 24.4 Å².